The number of thioether (sulfide) groups is 1. The van der Waals surface area contributed by atoms with E-state index in [0.717, 1.165) is 29.9 Å². The number of rotatable bonds is 11. The first-order valence-corrected chi connectivity index (χ1v) is 15.9. The molecule has 0 spiro atoms. The summed E-state index contributed by atoms with van der Waals surface area (Å²) >= 11 is 1.40. The molecule has 0 bridgehead atoms. The summed E-state index contributed by atoms with van der Waals surface area (Å²) < 4.78 is 75.7. The van der Waals surface area contributed by atoms with Gasteiger partial charge in [-0.05, 0) is 69.0 Å². The third-order valence-corrected chi connectivity index (χ3v) is 9.73. The van der Waals surface area contributed by atoms with Crippen LogP contribution in [0.1, 0.15) is 44.6 Å². The van der Waals surface area contributed by atoms with Crippen LogP contribution in [0.15, 0.2) is 46.2 Å². The molecule has 2 aromatic carbocycles. The number of amides is 1. The van der Waals surface area contributed by atoms with Crippen LogP contribution in [0.4, 0.5) is 18.9 Å². The summed E-state index contributed by atoms with van der Waals surface area (Å²) in [6, 6.07) is 9.15. The molecular formula is C28H33F3N4O4S2. The number of hydrogen-bond acceptors (Lipinski definition) is 8. The zero-order valence-corrected chi connectivity index (χ0v) is 24.3. The van der Waals surface area contributed by atoms with Gasteiger partial charge in [0.2, 0.25) is 0 Å². The number of sulfonamides is 1. The van der Waals surface area contributed by atoms with Gasteiger partial charge in [-0.1, -0.05) is 6.42 Å². The van der Waals surface area contributed by atoms with Crippen LogP contribution in [0.25, 0.3) is 0 Å². The van der Waals surface area contributed by atoms with Crippen molar-refractivity contribution in [3.8, 4) is 6.07 Å². The molecule has 2 saturated heterocycles. The normalized spacial score (nSPS) is 20.9. The highest BCUT2D eigenvalue weighted by atomic mass is 32.2. The lowest BCUT2D eigenvalue weighted by atomic mass is 9.99. The molecule has 2 N–H and O–H groups in total. The van der Waals surface area contributed by atoms with Crippen LogP contribution in [0.2, 0.25) is 0 Å². The third-order valence-electron chi connectivity index (χ3n) is 7.24. The fraction of sp³-hybridized carbons (Fsp3) is 0.500. The number of hydrogen-bond donors (Lipinski definition) is 2. The molecule has 2 aromatic rings. The average Bonchev–Trinajstić information content (AvgIpc) is 3.15. The van der Waals surface area contributed by atoms with E-state index in [1.54, 1.807) is 12.1 Å². The van der Waals surface area contributed by atoms with Crippen molar-refractivity contribution in [1.29, 1.82) is 5.26 Å². The highest BCUT2D eigenvalue weighted by molar-refractivity contribution is 7.99. The van der Waals surface area contributed by atoms with E-state index in [1.165, 1.54) is 30.8 Å². The minimum Gasteiger partial charge on any atom is -0.378 e. The molecule has 2 aliphatic heterocycles. The first kappa shape index (κ1) is 31.2. The van der Waals surface area contributed by atoms with Gasteiger partial charge in [0.15, 0.2) is 0 Å². The Kier molecular flexibility index (Phi) is 10.2. The average molecular weight is 611 g/mol. The van der Waals surface area contributed by atoms with Crippen LogP contribution in [-0.2, 0) is 19.6 Å². The van der Waals surface area contributed by atoms with E-state index >= 15 is 4.39 Å². The van der Waals surface area contributed by atoms with Crippen LogP contribution in [0, 0.1) is 23.0 Å². The molecular weight excluding hydrogens is 577 g/mol. The lowest BCUT2D eigenvalue weighted by Gasteiger charge is -2.35. The molecule has 8 nitrogen and oxygen atoms in total. The van der Waals surface area contributed by atoms with Gasteiger partial charge in [-0.3, -0.25) is 9.69 Å². The number of anilines is 1. The quantitative estimate of drug-likeness (QED) is 0.355. The number of carbonyl (C=O) groups is 1. The molecule has 0 saturated carbocycles. The Morgan fingerprint density at radius 3 is 2.63 bits per heavy atom. The van der Waals surface area contributed by atoms with Crippen molar-refractivity contribution in [3.05, 3.63) is 53.6 Å². The molecule has 1 amide bonds. The zero-order valence-electron chi connectivity index (χ0n) is 22.7. The fourth-order valence-corrected chi connectivity index (χ4v) is 6.79. The van der Waals surface area contributed by atoms with Crippen molar-refractivity contribution in [2.24, 2.45) is 0 Å². The van der Waals surface area contributed by atoms with Crippen LogP contribution in [0.5, 0.6) is 0 Å². The molecule has 2 fully saturated rings. The number of nitrogens with one attached hydrogen (secondary N) is 2. The summed E-state index contributed by atoms with van der Waals surface area (Å²) in [7, 11) is -4.51. The van der Waals surface area contributed by atoms with Gasteiger partial charge < -0.3 is 10.1 Å². The van der Waals surface area contributed by atoms with Crippen LogP contribution < -0.4 is 10.0 Å². The molecule has 41 heavy (non-hydrogen) atoms. The zero-order chi connectivity index (χ0) is 29.6. The van der Waals surface area contributed by atoms with Gasteiger partial charge in [-0.15, -0.1) is 11.8 Å². The molecule has 1 unspecified atom stereocenters. The SMILES string of the molecule is CC1(C(=O)NS(=O)(=O)c2cc(F)c(N[C@H](CCN3CC(F)C3)CSc3ccc(F)cc3)c(C#N)c2)CCCCCO1. The fourth-order valence-electron chi connectivity index (χ4n) is 4.71. The van der Waals surface area contributed by atoms with Gasteiger partial charge in [-0.25, -0.2) is 26.3 Å². The minimum atomic E-state index is -4.51. The summed E-state index contributed by atoms with van der Waals surface area (Å²) in [6.45, 7) is 3.01. The number of alkyl halides is 1. The van der Waals surface area contributed by atoms with Crippen molar-refractivity contribution < 1.29 is 31.1 Å². The van der Waals surface area contributed by atoms with Gasteiger partial charge >= 0.3 is 0 Å². The lowest BCUT2D eigenvalue weighted by Crippen LogP contribution is -2.49. The Morgan fingerprint density at radius 2 is 1.95 bits per heavy atom. The minimum absolute atomic E-state index is 0.173. The lowest BCUT2D eigenvalue weighted by molar-refractivity contribution is -0.142. The molecule has 2 aliphatic rings. The Hall–Kier alpha value is -2.79. The van der Waals surface area contributed by atoms with Crippen LogP contribution in [-0.4, -0.2) is 69.0 Å². The highest BCUT2D eigenvalue weighted by Gasteiger charge is 2.38. The van der Waals surface area contributed by atoms with E-state index in [-0.39, 0.29) is 23.1 Å². The number of nitriles is 1. The Labute approximate surface area is 242 Å². The van der Waals surface area contributed by atoms with E-state index in [1.807, 2.05) is 15.7 Å². The van der Waals surface area contributed by atoms with Crippen molar-refractivity contribution >= 4 is 33.4 Å². The van der Waals surface area contributed by atoms with Crippen molar-refractivity contribution in [2.75, 3.05) is 37.3 Å². The molecule has 222 valence electrons. The second-order valence-electron chi connectivity index (χ2n) is 10.5. The topological polar surface area (TPSA) is 112 Å². The summed E-state index contributed by atoms with van der Waals surface area (Å²) in [5, 5.41) is 12.8. The van der Waals surface area contributed by atoms with Crippen molar-refractivity contribution in [1.82, 2.24) is 9.62 Å². The van der Waals surface area contributed by atoms with Crippen molar-refractivity contribution in [2.45, 2.75) is 66.6 Å². The first-order chi connectivity index (χ1) is 19.5. The van der Waals surface area contributed by atoms with E-state index in [2.05, 4.69) is 5.32 Å². The van der Waals surface area contributed by atoms with E-state index in [0.29, 0.717) is 51.3 Å². The predicted octanol–water partition coefficient (Wildman–Crippen LogP) is 4.61. The van der Waals surface area contributed by atoms with Crippen molar-refractivity contribution in [3.63, 3.8) is 0 Å². The Bertz CT molecular complexity index is 1370. The molecule has 0 radical (unpaired) electrons. The Morgan fingerprint density at radius 1 is 1.22 bits per heavy atom. The van der Waals surface area contributed by atoms with Gasteiger partial charge in [0.05, 0.1) is 16.1 Å². The molecule has 0 aliphatic carbocycles. The second kappa shape index (κ2) is 13.5. The molecule has 13 heteroatoms. The number of benzene rings is 2. The van der Waals surface area contributed by atoms with Gasteiger partial charge in [0, 0.05) is 42.9 Å². The number of ether oxygens (including phenoxy) is 1. The largest absolute Gasteiger partial charge is 0.378 e. The van der Waals surface area contributed by atoms with Gasteiger partial charge in [0.25, 0.3) is 15.9 Å². The number of nitrogens with zero attached hydrogens (tertiary/aromatic N) is 2. The first-order valence-electron chi connectivity index (χ1n) is 13.5. The highest BCUT2D eigenvalue weighted by Crippen LogP contribution is 2.29. The standard InChI is InChI=1S/C28H33F3N4O4S2/c1-28(10-3-2-4-12-39-28)27(36)34-41(37,38)24-13-19(15-32)26(25(31)14-24)33-22(9-11-35-16-21(30)17-35)18-40-23-7-5-20(29)6-8-23/h5-8,13-14,21-22,33H,2-4,9-12,16-18H2,1H3,(H,34,36)/t22-,28?/m1/s1. The van der Waals surface area contributed by atoms with Crippen LogP contribution >= 0.6 is 11.8 Å². The molecule has 2 heterocycles. The Balaban J connectivity index is 1.51. The smallest absolute Gasteiger partial charge is 0.265 e. The molecule has 4 rings (SSSR count). The monoisotopic (exact) mass is 610 g/mol. The molecule has 0 aromatic heterocycles. The number of carbonyl (C=O) groups excluding carboxylic acids is 1. The predicted molar refractivity (Wildman–Crippen MR) is 150 cm³/mol. The summed E-state index contributed by atoms with van der Waals surface area (Å²) in [6.07, 6.45) is 2.28. The number of likely N-dealkylation sites (tertiary alicyclic amines) is 1. The maximum atomic E-state index is 15.4. The maximum absolute atomic E-state index is 15.4. The maximum Gasteiger partial charge on any atom is 0.265 e. The van der Waals surface area contributed by atoms with Gasteiger partial charge in [-0.2, -0.15) is 5.26 Å². The van der Waals surface area contributed by atoms with E-state index in [9.17, 15) is 27.3 Å². The second-order valence-corrected chi connectivity index (χ2v) is 13.3. The molecule has 2 atom stereocenters. The van der Waals surface area contributed by atoms with E-state index in [4.69, 9.17) is 4.74 Å². The van der Waals surface area contributed by atoms with Crippen LogP contribution in [0.3, 0.4) is 0 Å². The number of halogens is 3. The third kappa shape index (κ3) is 8.16. The van der Waals surface area contributed by atoms with E-state index < -0.39 is 38.4 Å². The summed E-state index contributed by atoms with van der Waals surface area (Å²) in [5.41, 5.74) is -1.76. The summed E-state index contributed by atoms with van der Waals surface area (Å²) in [4.78, 5) is 15.0. The summed E-state index contributed by atoms with van der Waals surface area (Å²) in [5.74, 6) is -1.78. The van der Waals surface area contributed by atoms with Gasteiger partial charge in [0.1, 0.15) is 29.5 Å².